The molecule has 0 unspecified atom stereocenters. The Balaban J connectivity index is 2.57. The fourth-order valence-corrected chi connectivity index (χ4v) is 3.13. The van der Waals surface area contributed by atoms with Crippen LogP contribution in [0.2, 0.25) is 0 Å². The molecule has 0 amide bonds. The summed E-state index contributed by atoms with van der Waals surface area (Å²) in [6, 6.07) is 9.03. The van der Waals surface area contributed by atoms with Crippen molar-refractivity contribution in [1.82, 2.24) is 4.90 Å². The van der Waals surface area contributed by atoms with Gasteiger partial charge in [0.2, 0.25) is 0 Å². The average molecular weight is 428 g/mol. The molecular formula is C23H28N2O6. The Morgan fingerprint density at radius 3 is 1.90 bits per heavy atom. The second kappa shape index (κ2) is 11.1. The van der Waals surface area contributed by atoms with Crippen molar-refractivity contribution in [2.24, 2.45) is 0 Å². The predicted molar refractivity (Wildman–Crippen MR) is 113 cm³/mol. The molecule has 1 aromatic rings. The Morgan fingerprint density at radius 2 is 1.45 bits per heavy atom. The Morgan fingerprint density at radius 1 is 0.968 bits per heavy atom. The number of carbonyl (C=O) groups excluding carboxylic acids is 2. The monoisotopic (exact) mass is 428 g/mol. The van der Waals surface area contributed by atoms with Crippen LogP contribution in [0.3, 0.4) is 0 Å². The minimum Gasteiger partial charge on any atom is -0.434 e. The van der Waals surface area contributed by atoms with Crippen molar-refractivity contribution in [1.29, 1.82) is 5.26 Å². The molecule has 1 aliphatic heterocycles. The lowest BCUT2D eigenvalue weighted by Crippen LogP contribution is -2.31. The molecular weight excluding hydrogens is 400 g/mol. The van der Waals surface area contributed by atoms with E-state index in [-0.39, 0.29) is 24.7 Å². The molecule has 1 aliphatic rings. The van der Waals surface area contributed by atoms with E-state index in [2.05, 4.69) is 6.07 Å². The molecule has 0 N–H and O–H groups in total. The zero-order valence-electron chi connectivity index (χ0n) is 18.6. The van der Waals surface area contributed by atoms with Crippen LogP contribution in [0.5, 0.6) is 0 Å². The summed E-state index contributed by atoms with van der Waals surface area (Å²) in [5.74, 6) is -0.374. The fraction of sp³-hybridized carbons (Fsp3) is 0.435. The average Bonchev–Trinajstić information content (AvgIpc) is 2.78. The van der Waals surface area contributed by atoms with Crippen molar-refractivity contribution in [3.05, 3.63) is 58.3 Å². The van der Waals surface area contributed by atoms with Crippen molar-refractivity contribution in [3.63, 3.8) is 0 Å². The van der Waals surface area contributed by atoms with Crippen molar-refractivity contribution in [2.45, 2.75) is 46.5 Å². The van der Waals surface area contributed by atoms with E-state index in [1.165, 1.54) is 0 Å². The molecule has 0 spiro atoms. The number of ether oxygens (including phenoxy) is 4. The van der Waals surface area contributed by atoms with Gasteiger partial charge in [0, 0.05) is 7.05 Å². The number of benzene rings is 1. The van der Waals surface area contributed by atoms with Crippen LogP contribution in [-0.4, -0.2) is 37.5 Å². The smallest absolute Gasteiger partial charge is 0.434 e. The van der Waals surface area contributed by atoms with E-state index in [9.17, 15) is 14.9 Å². The minimum atomic E-state index is -0.864. The van der Waals surface area contributed by atoms with E-state index >= 15 is 0 Å². The number of carbonyl (C=O) groups is 2. The van der Waals surface area contributed by atoms with Gasteiger partial charge >= 0.3 is 12.3 Å². The van der Waals surface area contributed by atoms with Gasteiger partial charge < -0.3 is 23.8 Å². The van der Waals surface area contributed by atoms with Crippen LogP contribution in [0.15, 0.2) is 47.2 Å². The van der Waals surface area contributed by atoms with Gasteiger partial charge in [-0.25, -0.2) is 9.59 Å². The number of hydrogen-bond acceptors (Lipinski definition) is 8. The van der Waals surface area contributed by atoms with E-state index in [1.54, 1.807) is 50.1 Å². The van der Waals surface area contributed by atoms with Gasteiger partial charge in [-0.3, -0.25) is 0 Å². The summed E-state index contributed by atoms with van der Waals surface area (Å²) in [6.45, 7) is 7.72. The molecule has 0 aromatic heterocycles. The van der Waals surface area contributed by atoms with Crippen molar-refractivity contribution >= 4 is 12.3 Å². The first-order valence-electron chi connectivity index (χ1n) is 10.2. The third-order valence-corrected chi connectivity index (χ3v) is 4.87. The molecule has 2 rings (SSSR count). The van der Waals surface area contributed by atoms with Crippen LogP contribution in [0.4, 0.5) is 9.59 Å². The predicted octanol–water partition coefficient (Wildman–Crippen LogP) is 5.18. The summed E-state index contributed by atoms with van der Waals surface area (Å²) in [5.41, 5.74) is 2.15. The van der Waals surface area contributed by atoms with Crippen LogP contribution in [0.25, 0.3) is 0 Å². The van der Waals surface area contributed by atoms with Crippen LogP contribution < -0.4 is 0 Å². The zero-order chi connectivity index (χ0) is 23.0. The summed E-state index contributed by atoms with van der Waals surface area (Å²) in [4.78, 5) is 26.3. The van der Waals surface area contributed by atoms with Crippen molar-refractivity contribution in [2.75, 3.05) is 20.3 Å². The van der Waals surface area contributed by atoms with Crippen LogP contribution in [-0.2, 0) is 18.9 Å². The highest BCUT2D eigenvalue weighted by Gasteiger charge is 2.38. The highest BCUT2D eigenvalue weighted by molar-refractivity contribution is 5.65. The number of hydrogen-bond donors (Lipinski definition) is 0. The topological polar surface area (TPSA) is 98.1 Å². The molecule has 0 aliphatic carbocycles. The lowest BCUT2D eigenvalue weighted by Gasteiger charge is -2.35. The van der Waals surface area contributed by atoms with Gasteiger partial charge in [-0.1, -0.05) is 32.0 Å². The summed E-state index contributed by atoms with van der Waals surface area (Å²) < 4.78 is 21.3. The molecule has 0 fully saturated rings. The van der Waals surface area contributed by atoms with Crippen molar-refractivity contribution < 1.29 is 28.5 Å². The van der Waals surface area contributed by atoms with Crippen LogP contribution in [0, 0.1) is 11.3 Å². The maximum atomic E-state index is 12.3. The van der Waals surface area contributed by atoms with Crippen LogP contribution in [0.1, 0.15) is 57.6 Å². The SMILES string of the molecule is CCCOC(=O)OC1=C(C)N(C)C(C)=C(OC(=O)OCCC)C1c1ccccc1C#N. The molecule has 0 radical (unpaired) electrons. The lowest BCUT2D eigenvalue weighted by molar-refractivity contribution is 0.0580. The first kappa shape index (κ1) is 23.8. The fourth-order valence-electron chi connectivity index (χ4n) is 3.13. The molecule has 0 saturated heterocycles. The van der Waals surface area contributed by atoms with Gasteiger partial charge in [-0.15, -0.1) is 0 Å². The third-order valence-electron chi connectivity index (χ3n) is 4.87. The lowest BCUT2D eigenvalue weighted by atomic mass is 9.87. The Kier molecular flexibility index (Phi) is 8.50. The third kappa shape index (κ3) is 5.57. The molecule has 1 aromatic carbocycles. The highest BCUT2D eigenvalue weighted by Crippen LogP contribution is 2.43. The van der Waals surface area contributed by atoms with E-state index < -0.39 is 18.2 Å². The van der Waals surface area contributed by atoms with Gasteiger partial charge in [0.15, 0.2) is 0 Å². The van der Waals surface area contributed by atoms with Gasteiger partial charge in [0.05, 0.1) is 36.2 Å². The molecule has 8 nitrogen and oxygen atoms in total. The molecule has 31 heavy (non-hydrogen) atoms. The van der Waals surface area contributed by atoms with E-state index in [0.717, 1.165) is 0 Å². The van der Waals surface area contributed by atoms with E-state index in [4.69, 9.17) is 18.9 Å². The first-order valence-corrected chi connectivity index (χ1v) is 10.2. The van der Waals surface area contributed by atoms with Gasteiger partial charge in [-0.05, 0) is 38.3 Å². The van der Waals surface area contributed by atoms with Gasteiger partial charge in [0.1, 0.15) is 17.4 Å². The molecule has 1 heterocycles. The van der Waals surface area contributed by atoms with Crippen molar-refractivity contribution in [3.8, 4) is 6.07 Å². The zero-order valence-corrected chi connectivity index (χ0v) is 18.6. The second-order valence-corrected chi connectivity index (χ2v) is 6.99. The number of nitriles is 1. The Bertz CT molecular complexity index is 882. The highest BCUT2D eigenvalue weighted by atomic mass is 16.7. The number of allylic oxidation sites excluding steroid dienone is 2. The molecule has 0 atom stereocenters. The first-order chi connectivity index (χ1) is 14.8. The molecule has 166 valence electrons. The quantitative estimate of drug-likeness (QED) is 0.548. The summed E-state index contributed by atoms with van der Waals surface area (Å²) in [7, 11) is 1.76. The van der Waals surface area contributed by atoms with Gasteiger partial charge in [0.25, 0.3) is 0 Å². The normalized spacial score (nSPS) is 14.3. The Hall–Kier alpha value is -3.47. The van der Waals surface area contributed by atoms with E-state index in [1.807, 2.05) is 13.8 Å². The van der Waals surface area contributed by atoms with Gasteiger partial charge in [-0.2, -0.15) is 5.26 Å². The standard InChI is InChI=1S/C23H28N2O6/c1-6-12-28-22(26)30-20-15(3)25(5)16(4)21(31-23(27)29-13-7-2)19(20)18-11-9-8-10-17(18)14-24/h8-11,19H,6-7,12-13H2,1-5H3. The second-order valence-electron chi connectivity index (χ2n) is 6.99. The Labute approximate surface area is 182 Å². The van der Waals surface area contributed by atoms with Crippen LogP contribution >= 0.6 is 0 Å². The molecule has 0 bridgehead atoms. The molecule has 8 heteroatoms. The summed E-state index contributed by atoms with van der Waals surface area (Å²) >= 11 is 0. The summed E-state index contributed by atoms with van der Waals surface area (Å²) in [6.07, 6.45) is -0.442. The molecule has 0 saturated carbocycles. The van der Waals surface area contributed by atoms with E-state index in [0.29, 0.717) is 35.4 Å². The number of rotatable bonds is 7. The summed E-state index contributed by atoms with van der Waals surface area (Å²) in [5, 5.41) is 9.64. The minimum absolute atomic E-state index is 0.210. The number of nitrogens with zero attached hydrogens (tertiary/aromatic N) is 2. The maximum Gasteiger partial charge on any atom is 0.513 e. The largest absolute Gasteiger partial charge is 0.513 e. The maximum absolute atomic E-state index is 12.3.